The van der Waals surface area contributed by atoms with Gasteiger partial charge in [0.25, 0.3) is 5.69 Å². The number of H-pyrrole nitrogens is 1. The van der Waals surface area contributed by atoms with Gasteiger partial charge in [0.15, 0.2) is 0 Å². The maximum atomic E-state index is 11.0. The fourth-order valence-corrected chi connectivity index (χ4v) is 2.81. The first-order chi connectivity index (χ1) is 12.5. The van der Waals surface area contributed by atoms with Crippen LogP contribution in [0.25, 0.3) is 18.5 Å². The van der Waals surface area contributed by atoms with Crippen molar-refractivity contribution in [2.24, 2.45) is 0 Å². The Hall–Kier alpha value is -3.39. The summed E-state index contributed by atoms with van der Waals surface area (Å²) in [4.78, 5) is 10.5. The van der Waals surface area contributed by atoms with E-state index in [0.717, 1.165) is 5.69 Å². The molecule has 0 saturated heterocycles. The van der Waals surface area contributed by atoms with Gasteiger partial charge in [-0.3, -0.25) is 15.2 Å². The summed E-state index contributed by atoms with van der Waals surface area (Å²) in [5.74, 6) is 0.481. The molecule has 1 aromatic heterocycles. The first-order valence-corrected chi connectivity index (χ1v) is 8.06. The van der Waals surface area contributed by atoms with Crippen molar-refractivity contribution in [3.63, 3.8) is 0 Å². The van der Waals surface area contributed by atoms with Crippen LogP contribution in [0, 0.1) is 14.8 Å². The maximum absolute atomic E-state index is 11.0. The largest absolute Gasteiger partial charge is 0.495 e. The maximum Gasteiger partial charge on any atom is 0.271 e. The third-order valence-corrected chi connectivity index (χ3v) is 4.19. The number of benzene rings is 2. The molecule has 0 radical (unpaired) electrons. The second-order valence-corrected chi connectivity index (χ2v) is 5.80. The average molecular weight is 368 g/mol. The molecule has 132 valence electrons. The van der Waals surface area contributed by atoms with Crippen molar-refractivity contribution in [2.45, 2.75) is 0 Å². The molecule has 0 aliphatic heterocycles. The van der Waals surface area contributed by atoms with Gasteiger partial charge in [0, 0.05) is 18.3 Å². The molecule has 0 aliphatic carbocycles. The van der Waals surface area contributed by atoms with E-state index < -0.39 is 4.92 Å². The number of nitrogens with zero attached hydrogens (tertiary/aromatic N) is 2. The number of aromatic amines is 1. The summed E-state index contributed by atoms with van der Waals surface area (Å²) in [5, 5.41) is 18.4. The molecule has 0 bridgehead atoms. The number of aromatic nitrogens is 2. The predicted molar refractivity (Wildman–Crippen MR) is 103 cm³/mol. The number of hydrogen-bond donors (Lipinski definition) is 2. The molecule has 0 fully saturated rings. The zero-order chi connectivity index (χ0) is 18.7. The molecule has 0 atom stereocenters. The van der Waals surface area contributed by atoms with E-state index in [9.17, 15) is 10.1 Å². The van der Waals surface area contributed by atoms with Crippen molar-refractivity contribution in [3.8, 4) is 11.4 Å². The number of nitro benzene ring substituents is 1. The Kier molecular flexibility index (Phi) is 4.85. The van der Waals surface area contributed by atoms with Gasteiger partial charge in [-0.15, -0.1) is 0 Å². The smallest absolute Gasteiger partial charge is 0.271 e. The Morgan fingerprint density at radius 1 is 1.31 bits per heavy atom. The molecule has 2 N–H and O–H groups in total. The molecule has 3 aromatic rings. The lowest BCUT2D eigenvalue weighted by Gasteiger charge is -2.07. The topological polar surface area (TPSA) is 85.1 Å². The first kappa shape index (κ1) is 17.4. The van der Waals surface area contributed by atoms with E-state index in [2.05, 4.69) is 17.0 Å². The number of rotatable bonds is 5. The van der Waals surface area contributed by atoms with Crippen LogP contribution in [-0.2, 0) is 0 Å². The lowest BCUT2D eigenvalue weighted by atomic mass is 10.2. The van der Waals surface area contributed by atoms with Gasteiger partial charge in [-0.25, -0.2) is 4.68 Å². The summed E-state index contributed by atoms with van der Waals surface area (Å²) in [7, 11) is 1.50. The average Bonchev–Trinajstić information content (AvgIpc) is 2.94. The monoisotopic (exact) mass is 368 g/mol. The molecule has 26 heavy (non-hydrogen) atoms. The molecule has 2 aromatic carbocycles. The lowest BCUT2D eigenvalue weighted by molar-refractivity contribution is -0.384. The summed E-state index contributed by atoms with van der Waals surface area (Å²) in [6.45, 7) is 3.97. The van der Waals surface area contributed by atoms with Crippen molar-refractivity contribution in [1.29, 1.82) is 0 Å². The van der Waals surface area contributed by atoms with Crippen LogP contribution >= 0.6 is 12.2 Å². The minimum atomic E-state index is -0.463. The van der Waals surface area contributed by atoms with E-state index in [1.165, 1.54) is 25.3 Å². The molecule has 0 unspecified atom stereocenters. The standard InChI is InChI=1S/C18H16N4O3S/c1-12-15(18(26)21(20-12)13-6-4-3-5-7-13)11-19-16-10-14(22(23)24)8-9-17(16)25-2/h3-11,19-20H,1H2,2H3/b15-11-. The van der Waals surface area contributed by atoms with Gasteiger partial charge in [0.1, 0.15) is 10.4 Å². The highest BCUT2D eigenvalue weighted by Gasteiger charge is 2.10. The Morgan fingerprint density at radius 3 is 2.69 bits per heavy atom. The first-order valence-electron chi connectivity index (χ1n) is 7.66. The third kappa shape index (κ3) is 3.35. The number of non-ortho nitro benzene ring substituents is 1. The minimum Gasteiger partial charge on any atom is -0.495 e. The quantitative estimate of drug-likeness (QED) is 0.411. The molecular weight excluding hydrogens is 352 g/mol. The minimum absolute atomic E-state index is 0.0384. The number of nitrogens with one attached hydrogen (secondary N) is 2. The van der Waals surface area contributed by atoms with Crippen molar-refractivity contribution in [3.05, 3.63) is 73.9 Å². The van der Waals surface area contributed by atoms with E-state index in [4.69, 9.17) is 17.0 Å². The van der Waals surface area contributed by atoms with Gasteiger partial charge in [0.2, 0.25) is 0 Å². The van der Waals surface area contributed by atoms with E-state index in [1.807, 2.05) is 30.3 Å². The van der Waals surface area contributed by atoms with Crippen molar-refractivity contribution < 1.29 is 9.66 Å². The Labute approximate surface area is 154 Å². The summed E-state index contributed by atoms with van der Waals surface area (Å²) < 4.78 is 7.53. The Bertz CT molecular complexity index is 1120. The van der Waals surface area contributed by atoms with E-state index in [0.29, 0.717) is 26.6 Å². The van der Waals surface area contributed by atoms with Crippen LogP contribution < -0.4 is 20.6 Å². The van der Waals surface area contributed by atoms with Gasteiger partial charge in [-0.05, 0) is 18.2 Å². The Morgan fingerprint density at radius 2 is 2.04 bits per heavy atom. The highest BCUT2D eigenvalue weighted by Crippen LogP contribution is 2.28. The van der Waals surface area contributed by atoms with E-state index in [-0.39, 0.29) is 5.69 Å². The Balaban J connectivity index is 2.04. The van der Waals surface area contributed by atoms with Gasteiger partial charge in [-0.1, -0.05) is 37.0 Å². The molecule has 0 amide bonds. The van der Waals surface area contributed by atoms with Crippen LogP contribution in [0.4, 0.5) is 11.4 Å². The SMILES string of the molecule is C=c1[nH]n(-c2ccccc2)c(=S)/c1=C\Nc1cc([N+](=O)[O-])ccc1OC. The predicted octanol–water partition coefficient (Wildman–Crippen LogP) is 2.71. The summed E-state index contributed by atoms with van der Waals surface area (Å²) in [5.41, 5.74) is 1.31. The summed E-state index contributed by atoms with van der Waals surface area (Å²) in [6, 6.07) is 13.9. The number of methoxy groups -OCH3 is 1. The zero-order valence-corrected chi connectivity index (χ0v) is 14.7. The molecule has 1 heterocycles. The number of anilines is 1. The van der Waals surface area contributed by atoms with Crippen molar-refractivity contribution in [1.82, 2.24) is 9.78 Å². The molecule has 0 saturated carbocycles. The third-order valence-electron chi connectivity index (χ3n) is 3.79. The molecule has 7 nitrogen and oxygen atoms in total. The molecule has 0 spiro atoms. The number of ether oxygens (including phenoxy) is 1. The molecule has 0 aliphatic rings. The fourth-order valence-electron chi connectivity index (χ4n) is 2.48. The molecule has 8 heteroatoms. The van der Waals surface area contributed by atoms with Crippen molar-refractivity contribution in [2.75, 3.05) is 12.4 Å². The van der Waals surface area contributed by atoms with Crippen LogP contribution in [0.15, 0.2) is 48.5 Å². The highest BCUT2D eigenvalue weighted by atomic mass is 32.1. The highest BCUT2D eigenvalue weighted by molar-refractivity contribution is 7.71. The van der Waals surface area contributed by atoms with Crippen LogP contribution in [-0.4, -0.2) is 21.8 Å². The number of hydrogen-bond acceptors (Lipinski definition) is 5. The van der Waals surface area contributed by atoms with Crippen LogP contribution in [0.1, 0.15) is 0 Å². The lowest BCUT2D eigenvalue weighted by Crippen LogP contribution is -2.22. The van der Waals surface area contributed by atoms with Gasteiger partial charge in [0.05, 0.1) is 34.0 Å². The van der Waals surface area contributed by atoms with Crippen LogP contribution in [0.3, 0.4) is 0 Å². The fraction of sp³-hybridized carbons (Fsp3) is 0.0556. The van der Waals surface area contributed by atoms with Gasteiger partial charge >= 0.3 is 0 Å². The van der Waals surface area contributed by atoms with Crippen molar-refractivity contribution >= 4 is 36.4 Å². The number of para-hydroxylation sites is 1. The van der Waals surface area contributed by atoms with E-state index >= 15 is 0 Å². The molecular formula is C18H16N4O3S. The van der Waals surface area contributed by atoms with Gasteiger partial charge in [-0.2, -0.15) is 0 Å². The summed E-state index contributed by atoms with van der Waals surface area (Å²) in [6.07, 6.45) is 1.65. The second-order valence-electron chi connectivity index (χ2n) is 5.41. The number of nitro groups is 1. The van der Waals surface area contributed by atoms with Crippen LogP contribution in [0.2, 0.25) is 0 Å². The van der Waals surface area contributed by atoms with Gasteiger partial charge < -0.3 is 10.1 Å². The zero-order valence-electron chi connectivity index (χ0n) is 13.9. The van der Waals surface area contributed by atoms with E-state index in [1.54, 1.807) is 10.9 Å². The normalized spacial score (nSPS) is 11.3. The molecule has 3 rings (SSSR count). The second kappa shape index (κ2) is 7.24. The summed E-state index contributed by atoms with van der Waals surface area (Å²) >= 11 is 5.52. The van der Waals surface area contributed by atoms with Crippen LogP contribution in [0.5, 0.6) is 5.75 Å².